The quantitative estimate of drug-likeness (QED) is 0.507. The lowest BCUT2D eigenvalue weighted by molar-refractivity contribution is -0.118. The van der Waals surface area contributed by atoms with E-state index in [4.69, 9.17) is 10.7 Å². The molecular weight excluding hydrogens is 388 g/mol. The number of nitrogens with one attached hydrogen (secondary N) is 1. The third kappa shape index (κ3) is 7.14. The van der Waals surface area contributed by atoms with Crippen molar-refractivity contribution in [1.29, 1.82) is 0 Å². The van der Waals surface area contributed by atoms with Gasteiger partial charge in [-0.05, 0) is 83.5 Å². The Kier molecular flexibility index (Phi) is 8.60. The molecule has 3 rings (SSSR count). The minimum absolute atomic E-state index is 0.0607. The van der Waals surface area contributed by atoms with Crippen molar-refractivity contribution in [3.63, 3.8) is 0 Å². The molecule has 31 heavy (non-hydrogen) atoms. The summed E-state index contributed by atoms with van der Waals surface area (Å²) in [6.07, 6.45) is 6.20. The lowest BCUT2D eigenvalue weighted by atomic mass is 10.1. The number of aromatic nitrogens is 3. The number of anilines is 1. The molecule has 0 amide bonds. The second-order valence-corrected chi connectivity index (χ2v) is 8.80. The number of hydrogen-bond acceptors (Lipinski definition) is 6. The molecule has 1 aliphatic heterocycles. The van der Waals surface area contributed by atoms with E-state index in [0.29, 0.717) is 6.42 Å². The van der Waals surface area contributed by atoms with Gasteiger partial charge in [0.1, 0.15) is 11.6 Å². The van der Waals surface area contributed by atoms with Crippen molar-refractivity contribution in [3.05, 3.63) is 40.8 Å². The monoisotopic (exact) mass is 426 g/mol. The number of nitrogens with zero attached hydrogens (tertiary/aromatic N) is 4. The topological polar surface area (TPSA) is 89.1 Å². The molecule has 0 saturated carbocycles. The number of ketones is 1. The van der Waals surface area contributed by atoms with Gasteiger partial charge in [-0.1, -0.05) is 6.07 Å². The van der Waals surface area contributed by atoms with Crippen molar-refractivity contribution in [2.45, 2.75) is 71.9 Å². The standard InChI is InChI=1S/C24H38N6O/c1-18-17-19(2)30(28-18)16-15-29(14-11-23(25)20(3)31)13-5-4-8-22-10-9-21-7-6-12-26-24(21)27-22/h9-10,17,23H,4-8,11-16,25H2,1-3H3,(H,26,27)/t23-/m0/s1. The highest BCUT2D eigenvalue weighted by Crippen LogP contribution is 2.20. The van der Waals surface area contributed by atoms with Gasteiger partial charge in [0.2, 0.25) is 0 Å². The Labute approximate surface area is 186 Å². The summed E-state index contributed by atoms with van der Waals surface area (Å²) in [5.41, 5.74) is 10.7. The molecule has 0 bridgehead atoms. The molecule has 0 aromatic carbocycles. The van der Waals surface area contributed by atoms with Crippen molar-refractivity contribution in [2.75, 3.05) is 31.5 Å². The van der Waals surface area contributed by atoms with E-state index >= 15 is 0 Å². The average molecular weight is 427 g/mol. The van der Waals surface area contributed by atoms with Crippen LogP contribution in [0.15, 0.2) is 18.2 Å². The Hall–Kier alpha value is -2.25. The van der Waals surface area contributed by atoms with Crippen LogP contribution in [0.1, 0.15) is 55.3 Å². The van der Waals surface area contributed by atoms with Gasteiger partial charge in [-0.3, -0.25) is 9.48 Å². The molecule has 170 valence electrons. The van der Waals surface area contributed by atoms with Gasteiger partial charge in [0, 0.05) is 31.0 Å². The van der Waals surface area contributed by atoms with E-state index in [2.05, 4.69) is 45.1 Å². The van der Waals surface area contributed by atoms with Crippen LogP contribution < -0.4 is 11.1 Å². The number of unbranched alkanes of at least 4 members (excludes halogenated alkanes) is 1. The van der Waals surface area contributed by atoms with Crippen LogP contribution in [0.3, 0.4) is 0 Å². The predicted octanol–water partition coefficient (Wildman–Crippen LogP) is 2.88. The molecule has 0 spiro atoms. The Bertz CT molecular complexity index is 862. The number of fused-ring (bicyclic) bond motifs is 1. The van der Waals surface area contributed by atoms with Gasteiger partial charge in [-0.2, -0.15) is 5.10 Å². The highest BCUT2D eigenvalue weighted by atomic mass is 16.1. The molecule has 0 fully saturated rings. The lowest BCUT2D eigenvalue weighted by Gasteiger charge is -2.24. The minimum Gasteiger partial charge on any atom is -0.370 e. The van der Waals surface area contributed by atoms with Crippen LogP contribution in [0, 0.1) is 13.8 Å². The molecule has 1 atom stereocenters. The molecule has 2 aromatic heterocycles. The fraction of sp³-hybridized carbons (Fsp3) is 0.625. The van der Waals surface area contributed by atoms with Crippen molar-refractivity contribution in [1.82, 2.24) is 19.7 Å². The van der Waals surface area contributed by atoms with E-state index in [0.717, 1.165) is 69.9 Å². The van der Waals surface area contributed by atoms with Gasteiger partial charge >= 0.3 is 0 Å². The smallest absolute Gasteiger partial charge is 0.146 e. The van der Waals surface area contributed by atoms with Gasteiger partial charge in [0.15, 0.2) is 0 Å². The maximum Gasteiger partial charge on any atom is 0.146 e. The van der Waals surface area contributed by atoms with E-state index < -0.39 is 0 Å². The van der Waals surface area contributed by atoms with E-state index in [1.807, 2.05) is 6.92 Å². The minimum atomic E-state index is -0.372. The Morgan fingerprint density at radius 2 is 2.10 bits per heavy atom. The first-order chi connectivity index (χ1) is 14.9. The van der Waals surface area contributed by atoms with E-state index in [-0.39, 0.29) is 11.8 Å². The normalized spacial score (nSPS) is 14.4. The summed E-state index contributed by atoms with van der Waals surface area (Å²) in [7, 11) is 0. The number of carbonyl (C=O) groups is 1. The zero-order chi connectivity index (χ0) is 22.2. The van der Waals surface area contributed by atoms with Crippen LogP contribution in [0.2, 0.25) is 0 Å². The Morgan fingerprint density at radius 3 is 2.84 bits per heavy atom. The number of rotatable bonds is 12. The number of aryl methyl sites for hydroxylation is 4. The van der Waals surface area contributed by atoms with Crippen LogP contribution in [0.25, 0.3) is 0 Å². The molecule has 0 unspecified atom stereocenters. The highest BCUT2D eigenvalue weighted by molar-refractivity contribution is 5.81. The summed E-state index contributed by atoms with van der Waals surface area (Å²) in [6.45, 7) is 10.3. The maximum atomic E-state index is 11.5. The van der Waals surface area contributed by atoms with Gasteiger partial charge in [-0.15, -0.1) is 0 Å². The largest absolute Gasteiger partial charge is 0.370 e. The Morgan fingerprint density at radius 1 is 1.26 bits per heavy atom. The summed E-state index contributed by atoms with van der Waals surface area (Å²) in [5, 5.41) is 7.99. The zero-order valence-electron chi connectivity index (χ0n) is 19.4. The molecule has 2 aromatic rings. The second kappa shape index (κ2) is 11.4. The number of carbonyl (C=O) groups excluding carboxylic acids is 1. The van der Waals surface area contributed by atoms with E-state index in [1.165, 1.54) is 23.4 Å². The first-order valence-corrected chi connectivity index (χ1v) is 11.6. The summed E-state index contributed by atoms with van der Waals surface area (Å²) in [6, 6.07) is 6.14. The number of Topliss-reactive ketones (excluding diaryl/α,β-unsaturated/α-hetero) is 1. The molecule has 7 heteroatoms. The molecule has 0 saturated heterocycles. The van der Waals surface area contributed by atoms with E-state index in [9.17, 15) is 4.79 Å². The molecule has 3 heterocycles. The fourth-order valence-electron chi connectivity index (χ4n) is 4.15. The third-order valence-corrected chi connectivity index (χ3v) is 6.12. The predicted molar refractivity (Wildman–Crippen MR) is 125 cm³/mol. The summed E-state index contributed by atoms with van der Waals surface area (Å²) in [4.78, 5) is 18.8. The molecule has 7 nitrogen and oxygen atoms in total. The zero-order valence-corrected chi connectivity index (χ0v) is 19.4. The van der Waals surface area contributed by atoms with Gasteiger partial charge in [0.05, 0.1) is 18.3 Å². The van der Waals surface area contributed by atoms with Crippen LogP contribution in [0.4, 0.5) is 5.82 Å². The number of nitrogens with two attached hydrogens (primary N) is 1. The van der Waals surface area contributed by atoms with Crippen molar-refractivity contribution in [3.8, 4) is 0 Å². The van der Waals surface area contributed by atoms with Gasteiger partial charge in [0.25, 0.3) is 0 Å². The molecule has 0 radical (unpaired) electrons. The maximum absolute atomic E-state index is 11.5. The first-order valence-electron chi connectivity index (χ1n) is 11.6. The van der Waals surface area contributed by atoms with Crippen LogP contribution in [-0.4, -0.2) is 57.7 Å². The summed E-state index contributed by atoms with van der Waals surface area (Å²) < 4.78 is 2.07. The van der Waals surface area contributed by atoms with Crippen LogP contribution in [-0.2, 0) is 24.2 Å². The summed E-state index contributed by atoms with van der Waals surface area (Å²) in [5.74, 6) is 1.14. The highest BCUT2D eigenvalue weighted by Gasteiger charge is 2.13. The van der Waals surface area contributed by atoms with Gasteiger partial charge < -0.3 is 16.0 Å². The van der Waals surface area contributed by atoms with Crippen LogP contribution >= 0.6 is 0 Å². The lowest BCUT2D eigenvalue weighted by Crippen LogP contribution is -2.36. The van der Waals surface area contributed by atoms with Crippen LogP contribution in [0.5, 0.6) is 0 Å². The molecule has 3 N–H and O–H groups in total. The van der Waals surface area contributed by atoms with Crippen molar-refractivity contribution in [2.24, 2.45) is 5.73 Å². The van der Waals surface area contributed by atoms with E-state index in [1.54, 1.807) is 6.92 Å². The molecular formula is C24H38N6O. The molecule has 0 aliphatic carbocycles. The molecule has 1 aliphatic rings. The SMILES string of the molecule is CC(=O)[C@@H](N)CCN(CCCCc1ccc2c(n1)NCCC2)CCn1nc(C)cc1C. The average Bonchev–Trinajstić information content (AvgIpc) is 3.08. The fourth-order valence-corrected chi connectivity index (χ4v) is 4.15. The summed E-state index contributed by atoms with van der Waals surface area (Å²) >= 11 is 0. The van der Waals surface area contributed by atoms with Crippen molar-refractivity contribution < 1.29 is 4.79 Å². The number of pyridine rings is 1. The van der Waals surface area contributed by atoms with Crippen molar-refractivity contribution >= 4 is 11.6 Å². The Balaban J connectivity index is 1.48. The second-order valence-electron chi connectivity index (χ2n) is 8.80. The third-order valence-electron chi connectivity index (χ3n) is 6.12. The number of hydrogen-bond donors (Lipinski definition) is 2. The van der Waals surface area contributed by atoms with Gasteiger partial charge in [-0.25, -0.2) is 4.98 Å². The first kappa shape index (κ1) is 23.4.